The third-order valence-electron chi connectivity index (χ3n) is 1.84. The first-order chi connectivity index (χ1) is 6.59. The van der Waals surface area contributed by atoms with Gasteiger partial charge in [-0.3, -0.25) is 0 Å². The highest BCUT2D eigenvalue weighted by molar-refractivity contribution is 6.32. The van der Waals surface area contributed by atoms with Gasteiger partial charge in [0.1, 0.15) is 5.82 Å². The second-order valence-electron chi connectivity index (χ2n) is 3.51. The lowest BCUT2D eigenvalue weighted by molar-refractivity contribution is 0.425. The van der Waals surface area contributed by atoms with Crippen molar-refractivity contribution in [2.75, 3.05) is 32.5 Å². The first-order valence-corrected chi connectivity index (χ1v) is 4.99. The first kappa shape index (κ1) is 11.3. The Kier molecular flexibility index (Phi) is 4.17. The zero-order valence-corrected chi connectivity index (χ0v) is 9.60. The zero-order valence-electron chi connectivity index (χ0n) is 8.84. The topological polar surface area (TPSA) is 28.2 Å². The molecule has 14 heavy (non-hydrogen) atoms. The van der Waals surface area contributed by atoms with Crippen LogP contribution in [0.25, 0.3) is 0 Å². The number of anilines is 1. The molecule has 0 amide bonds. The molecule has 0 aromatic carbocycles. The van der Waals surface area contributed by atoms with Crippen LogP contribution < -0.4 is 5.32 Å². The van der Waals surface area contributed by atoms with Crippen LogP contribution in [0.15, 0.2) is 12.1 Å². The SMILES string of the molecule is Cc1ccc(Cl)c(NCCN(C)C)n1. The van der Waals surface area contributed by atoms with Gasteiger partial charge in [0.05, 0.1) is 5.02 Å². The van der Waals surface area contributed by atoms with Crippen LogP contribution in [0.2, 0.25) is 5.02 Å². The Labute approximate surface area is 90.1 Å². The van der Waals surface area contributed by atoms with Crippen LogP contribution >= 0.6 is 11.6 Å². The number of nitrogens with one attached hydrogen (secondary N) is 1. The second kappa shape index (κ2) is 5.17. The Morgan fingerprint density at radius 1 is 1.43 bits per heavy atom. The van der Waals surface area contributed by atoms with E-state index in [0.717, 1.165) is 24.6 Å². The predicted molar refractivity (Wildman–Crippen MR) is 61.0 cm³/mol. The monoisotopic (exact) mass is 213 g/mol. The van der Waals surface area contributed by atoms with Crippen LogP contribution in [0.5, 0.6) is 0 Å². The second-order valence-corrected chi connectivity index (χ2v) is 3.92. The molecule has 0 aliphatic rings. The van der Waals surface area contributed by atoms with Gasteiger partial charge >= 0.3 is 0 Å². The van der Waals surface area contributed by atoms with Crippen LogP contribution in [-0.2, 0) is 0 Å². The van der Waals surface area contributed by atoms with Crippen molar-refractivity contribution in [3.05, 3.63) is 22.8 Å². The van der Waals surface area contributed by atoms with Gasteiger partial charge in [-0.15, -0.1) is 0 Å². The lowest BCUT2D eigenvalue weighted by Gasteiger charge is -2.11. The molecule has 0 aliphatic carbocycles. The molecule has 0 radical (unpaired) electrons. The van der Waals surface area contributed by atoms with E-state index < -0.39 is 0 Å². The highest BCUT2D eigenvalue weighted by atomic mass is 35.5. The van der Waals surface area contributed by atoms with Gasteiger partial charge in [-0.2, -0.15) is 0 Å². The van der Waals surface area contributed by atoms with Gasteiger partial charge in [-0.1, -0.05) is 11.6 Å². The van der Waals surface area contributed by atoms with E-state index in [2.05, 4.69) is 15.2 Å². The number of likely N-dealkylation sites (N-methyl/N-ethyl adjacent to an activating group) is 1. The van der Waals surface area contributed by atoms with E-state index in [4.69, 9.17) is 11.6 Å². The molecule has 0 atom stereocenters. The molecule has 1 N–H and O–H groups in total. The average Bonchev–Trinajstić information content (AvgIpc) is 2.10. The third-order valence-corrected chi connectivity index (χ3v) is 2.14. The Bertz CT molecular complexity index is 299. The molecule has 3 nitrogen and oxygen atoms in total. The van der Waals surface area contributed by atoms with Crippen LogP contribution in [0, 0.1) is 6.92 Å². The molecular formula is C10H16ClN3. The third kappa shape index (κ3) is 3.52. The molecular weight excluding hydrogens is 198 g/mol. The van der Waals surface area contributed by atoms with E-state index in [1.165, 1.54) is 0 Å². The molecule has 0 saturated carbocycles. The molecule has 0 fully saturated rings. The fourth-order valence-corrected chi connectivity index (χ4v) is 1.23. The molecule has 0 saturated heterocycles. The highest BCUT2D eigenvalue weighted by Gasteiger charge is 2.00. The summed E-state index contributed by atoms with van der Waals surface area (Å²) < 4.78 is 0. The minimum Gasteiger partial charge on any atom is -0.368 e. The minimum absolute atomic E-state index is 0.675. The summed E-state index contributed by atoms with van der Waals surface area (Å²) in [5.74, 6) is 0.772. The van der Waals surface area contributed by atoms with Gasteiger partial charge in [-0.25, -0.2) is 4.98 Å². The van der Waals surface area contributed by atoms with E-state index >= 15 is 0 Å². The van der Waals surface area contributed by atoms with Gasteiger partial charge in [0.2, 0.25) is 0 Å². The number of pyridine rings is 1. The van der Waals surface area contributed by atoms with Gasteiger partial charge in [0.25, 0.3) is 0 Å². The zero-order chi connectivity index (χ0) is 10.6. The normalized spacial score (nSPS) is 10.6. The maximum Gasteiger partial charge on any atom is 0.145 e. The minimum atomic E-state index is 0.675. The fraction of sp³-hybridized carbons (Fsp3) is 0.500. The lowest BCUT2D eigenvalue weighted by Crippen LogP contribution is -2.21. The summed E-state index contributed by atoms with van der Waals surface area (Å²) in [7, 11) is 4.07. The highest BCUT2D eigenvalue weighted by Crippen LogP contribution is 2.18. The van der Waals surface area contributed by atoms with Gasteiger partial charge in [0.15, 0.2) is 0 Å². The molecule has 4 heteroatoms. The maximum absolute atomic E-state index is 5.97. The van der Waals surface area contributed by atoms with Crippen LogP contribution in [-0.4, -0.2) is 37.1 Å². The number of nitrogens with zero attached hydrogens (tertiary/aromatic N) is 2. The van der Waals surface area contributed by atoms with Crippen LogP contribution in [0.4, 0.5) is 5.82 Å². The van der Waals surface area contributed by atoms with Crippen molar-refractivity contribution in [3.63, 3.8) is 0 Å². The summed E-state index contributed by atoms with van der Waals surface area (Å²) in [6, 6.07) is 3.77. The number of hydrogen-bond acceptors (Lipinski definition) is 3. The Hall–Kier alpha value is -0.800. The van der Waals surface area contributed by atoms with Crippen molar-refractivity contribution in [1.29, 1.82) is 0 Å². The van der Waals surface area contributed by atoms with Crippen molar-refractivity contribution in [1.82, 2.24) is 9.88 Å². The molecule has 1 aromatic rings. The first-order valence-electron chi connectivity index (χ1n) is 4.61. The molecule has 78 valence electrons. The molecule has 0 bridgehead atoms. The standard InChI is InChI=1S/C10H16ClN3/c1-8-4-5-9(11)10(13-8)12-6-7-14(2)3/h4-5H,6-7H2,1-3H3,(H,12,13). The van der Waals surface area contributed by atoms with E-state index in [1.807, 2.05) is 33.2 Å². The summed E-state index contributed by atoms with van der Waals surface area (Å²) in [4.78, 5) is 6.42. The smallest absolute Gasteiger partial charge is 0.145 e. The Morgan fingerprint density at radius 3 is 2.79 bits per heavy atom. The quantitative estimate of drug-likeness (QED) is 0.830. The predicted octanol–water partition coefficient (Wildman–Crippen LogP) is 2.02. The molecule has 0 spiro atoms. The summed E-state index contributed by atoms with van der Waals surface area (Å²) in [6.07, 6.45) is 0. The Balaban J connectivity index is 2.53. The van der Waals surface area contributed by atoms with E-state index in [-0.39, 0.29) is 0 Å². The maximum atomic E-state index is 5.97. The summed E-state index contributed by atoms with van der Waals surface area (Å²) in [6.45, 7) is 3.77. The largest absolute Gasteiger partial charge is 0.368 e. The number of aryl methyl sites for hydroxylation is 1. The lowest BCUT2D eigenvalue weighted by atomic mass is 10.3. The summed E-state index contributed by atoms with van der Waals surface area (Å²) in [5, 5.41) is 3.88. The van der Waals surface area contributed by atoms with Crippen molar-refractivity contribution >= 4 is 17.4 Å². The van der Waals surface area contributed by atoms with E-state index in [9.17, 15) is 0 Å². The van der Waals surface area contributed by atoms with Crippen molar-refractivity contribution in [2.45, 2.75) is 6.92 Å². The summed E-state index contributed by atoms with van der Waals surface area (Å²) in [5.41, 5.74) is 0.974. The molecule has 1 heterocycles. The number of aromatic nitrogens is 1. The van der Waals surface area contributed by atoms with E-state index in [1.54, 1.807) is 0 Å². The van der Waals surface area contributed by atoms with Gasteiger partial charge in [-0.05, 0) is 33.2 Å². The fourth-order valence-electron chi connectivity index (χ4n) is 1.06. The van der Waals surface area contributed by atoms with Gasteiger partial charge in [0, 0.05) is 18.8 Å². The molecule has 0 unspecified atom stereocenters. The van der Waals surface area contributed by atoms with Crippen molar-refractivity contribution in [3.8, 4) is 0 Å². The van der Waals surface area contributed by atoms with Crippen LogP contribution in [0.3, 0.4) is 0 Å². The summed E-state index contributed by atoms with van der Waals surface area (Å²) >= 11 is 5.97. The number of halogens is 1. The van der Waals surface area contributed by atoms with Gasteiger partial charge < -0.3 is 10.2 Å². The van der Waals surface area contributed by atoms with E-state index in [0.29, 0.717) is 5.02 Å². The molecule has 1 rings (SSSR count). The van der Waals surface area contributed by atoms with Crippen molar-refractivity contribution in [2.24, 2.45) is 0 Å². The molecule has 1 aromatic heterocycles. The average molecular weight is 214 g/mol. The Morgan fingerprint density at radius 2 is 2.14 bits per heavy atom. The van der Waals surface area contributed by atoms with Crippen molar-refractivity contribution < 1.29 is 0 Å². The molecule has 0 aliphatic heterocycles. The van der Waals surface area contributed by atoms with Crippen LogP contribution in [0.1, 0.15) is 5.69 Å². The number of hydrogen-bond donors (Lipinski definition) is 1. The number of rotatable bonds is 4.